The standard InChI is InChI=1S/C15H24FN3O3S/c1-10(2)13(17)7-8-19(3)15(20)12-9-11(16)5-6-14(12)18-23(4,21)22/h5-6,9-10,13,18H,7-8,17H2,1-4H3. The molecule has 0 aliphatic carbocycles. The van der Waals surface area contributed by atoms with Gasteiger partial charge in [0.05, 0.1) is 17.5 Å². The van der Waals surface area contributed by atoms with Gasteiger partial charge in [0.15, 0.2) is 0 Å². The van der Waals surface area contributed by atoms with Crippen LogP contribution in [0.2, 0.25) is 0 Å². The van der Waals surface area contributed by atoms with Crippen molar-refractivity contribution in [1.82, 2.24) is 4.90 Å². The van der Waals surface area contributed by atoms with Crippen LogP contribution in [0.5, 0.6) is 0 Å². The number of hydrogen-bond donors (Lipinski definition) is 2. The zero-order valence-corrected chi connectivity index (χ0v) is 14.7. The number of hydrogen-bond acceptors (Lipinski definition) is 4. The number of halogens is 1. The van der Waals surface area contributed by atoms with E-state index in [0.29, 0.717) is 13.0 Å². The summed E-state index contributed by atoms with van der Waals surface area (Å²) >= 11 is 0. The molecule has 0 spiro atoms. The maximum absolute atomic E-state index is 13.5. The Bertz CT molecular complexity index is 662. The van der Waals surface area contributed by atoms with Crippen LogP contribution in [-0.4, -0.2) is 45.1 Å². The molecule has 1 amide bonds. The van der Waals surface area contributed by atoms with Crippen LogP contribution in [0.25, 0.3) is 0 Å². The van der Waals surface area contributed by atoms with E-state index in [1.54, 1.807) is 7.05 Å². The number of benzene rings is 1. The molecule has 0 saturated carbocycles. The van der Waals surface area contributed by atoms with E-state index in [0.717, 1.165) is 18.4 Å². The lowest BCUT2D eigenvalue weighted by molar-refractivity contribution is 0.0789. The van der Waals surface area contributed by atoms with E-state index in [1.165, 1.54) is 11.0 Å². The van der Waals surface area contributed by atoms with E-state index in [4.69, 9.17) is 5.73 Å². The third-order valence-electron chi connectivity index (χ3n) is 3.51. The minimum atomic E-state index is -3.57. The minimum absolute atomic E-state index is 0.0314. The predicted octanol–water partition coefficient (Wildman–Crippen LogP) is 1.64. The maximum Gasteiger partial charge on any atom is 0.255 e. The summed E-state index contributed by atoms with van der Waals surface area (Å²) in [7, 11) is -2.00. The zero-order chi connectivity index (χ0) is 17.8. The number of amides is 1. The van der Waals surface area contributed by atoms with Crippen LogP contribution >= 0.6 is 0 Å². The average molecular weight is 345 g/mol. The van der Waals surface area contributed by atoms with Crippen molar-refractivity contribution in [3.63, 3.8) is 0 Å². The van der Waals surface area contributed by atoms with Gasteiger partial charge >= 0.3 is 0 Å². The fraction of sp³-hybridized carbons (Fsp3) is 0.533. The first-order valence-corrected chi connectivity index (χ1v) is 9.18. The van der Waals surface area contributed by atoms with Crippen molar-refractivity contribution >= 4 is 21.6 Å². The average Bonchev–Trinajstić information content (AvgIpc) is 2.43. The number of nitrogens with one attached hydrogen (secondary N) is 1. The summed E-state index contributed by atoms with van der Waals surface area (Å²) in [6.45, 7) is 4.38. The summed E-state index contributed by atoms with van der Waals surface area (Å²) in [5.74, 6) is -0.790. The molecule has 8 heteroatoms. The SMILES string of the molecule is CC(C)C(N)CCN(C)C(=O)c1cc(F)ccc1NS(C)(=O)=O. The molecule has 0 aromatic heterocycles. The van der Waals surface area contributed by atoms with Crippen molar-refractivity contribution in [1.29, 1.82) is 0 Å². The molecule has 23 heavy (non-hydrogen) atoms. The van der Waals surface area contributed by atoms with E-state index >= 15 is 0 Å². The molecule has 0 aliphatic rings. The van der Waals surface area contributed by atoms with Crippen molar-refractivity contribution in [2.75, 3.05) is 24.6 Å². The number of carbonyl (C=O) groups excluding carboxylic acids is 1. The molecule has 1 aromatic rings. The lowest BCUT2D eigenvalue weighted by Gasteiger charge is -2.22. The second kappa shape index (κ2) is 7.74. The summed E-state index contributed by atoms with van der Waals surface area (Å²) in [5.41, 5.74) is 5.97. The monoisotopic (exact) mass is 345 g/mol. The van der Waals surface area contributed by atoms with Crippen LogP contribution < -0.4 is 10.5 Å². The minimum Gasteiger partial charge on any atom is -0.342 e. The first-order chi connectivity index (χ1) is 10.5. The van der Waals surface area contributed by atoms with Crippen LogP contribution in [0.4, 0.5) is 10.1 Å². The maximum atomic E-state index is 13.5. The molecule has 0 radical (unpaired) electrons. The third-order valence-corrected chi connectivity index (χ3v) is 4.10. The normalized spacial score (nSPS) is 13.0. The zero-order valence-electron chi connectivity index (χ0n) is 13.8. The van der Waals surface area contributed by atoms with Gasteiger partial charge in [-0.05, 0) is 30.5 Å². The van der Waals surface area contributed by atoms with Crippen LogP contribution in [0.15, 0.2) is 18.2 Å². The van der Waals surface area contributed by atoms with Gasteiger partial charge in [-0.2, -0.15) is 0 Å². The van der Waals surface area contributed by atoms with E-state index in [2.05, 4.69) is 4.72 Å². The van der Waals surface area contributed by atoms with Gasteiger partial charge in [0.1, 0.15) is 5.82 Å². The van der Waals surface area contributed by atoms with Crippen LogP contribution in [0, 0.1) is 11.7 Å². The van der Waals surface area contributed by atoms with E-state index < -0.39 is 21.7 Å². The van der Waals surface area contributed by atoms with Crippen LogP contribution in [0.3, 0.4) is 0 Å². The molecule has 1 unspecified atom stereocenters. The summed E-state index contributed by atoms with van der Waals surface area (Å²) in [5, 5.41) is 0. The van der Waals surface area contributed by atoms with Crippen molar-refractivity contribution in [2.24, 2.45) is 11.7 Å². The van der Waals surface area contributed by atoms with Crippen LogP contribution in [-0.2, 0) is 10.0 Å². The molecule has 6 nitrogen and oxygen atoms in total. The molecule has 0 saturated heterocycles. The molecule has 3 N–H and O–H groups in total. The van der Waals surface area contributed by atoms with Crippen molar-refractivity contribution in [3.8, 4) is 0 Å². The largest absolute Gasteiger partial charge is 0.342 e. The fourth-order valence-corrected chi connectivity index (χ4v) is 2.54. The Morgan fingerprint density at radius 1 is 1.39 bits per heavy atom. The number of anilines is 1. The number of sulfonamides is 1. The summed E-state index contributed by atoms with van der Waals surface area (Å²) in [6.07, 6.45) is 1.57. The highest BCUT2D eigenvalue weighted by Gasteiger charge is 2.19. The molecule has 0 heterocycles. The summed E-state index contributed by atoms with van der Waals surface area (Å²) < 4.78 is 38.4. The summed E-state index contributed by atoms with van der Waals surface area (Å²) in [4.78, 5) is 13.9. The topological polar surface area (TPSA) is 92.5 Å². The number of carbonyl (C=O) groups is 1. The highest BCUT2D eigenvalue weighted by Crippen LogP contribution is 2.20. The molecule has 130 valence electrons. The first-order valence-electron chi connectivity index (χ1n) is 7.29. The molecule has 1 aromatic carbocycles. The van der Waals surface area contributed by atoms with Gasteiger partial charge in [0.2, 0.25) is 10.0 Å². The molecule has 0 aliphatic heterocycles. The highest BCUT2D eigenvalue weighted by molar-refractivity contribution is 7.92. The van der Waals surface area contributed by atoms with E-state index in [-0.39, 0.29) is 23.2 Å². The van der Waals surface area contributed by atoms with Crippen molar-refractivity contribution in [2.45, 2.75) is 26.3 Å². The Morgan fingerprint density at radius 2 is 2.00 bits per heavy atom. The van der Waals surface area contributed by atoms with Gasteiger partial charge in [-0.25, -0.2) is 12.8 Å². The molecule has 0 bridgehead atoms. The number of nitrogens with two attached hydrogens (primary N) is 1. The second-order valence-electron chi connectivity index (χ2n) is 5.99. The molecule has 1 rings (SSSR count). The number of nitrogens with zero attached hydrogens (tertiary/aromatic N) is 1. The Balaban J connectivity index is 2.95. The highest BCUT2D eigenvalue weighted by atomic mass is 32.2. The van der Waals surface area contributed by atoms with Gasteiger partial charge < -0.3 is 10.6 Å². The predicted molar refractivity (Wildman–Crippen MR) is 89.3 cm³/mol. The molecule has 0 fully saturated rings. The van der Waals surface area contributed by atoms with Gasteiger partial charge in [-0.1, -0.05) is 13.8 Å². The molecular formula is C15H24FN3O3S. The first kappa shape index (κ1) is 19.4. The second-order valence-corrected chi connectivity index (χ2v) is 7.74. The number of rotatable bonds is 7. The van der Waals surface area contributed by atoms with Gasteiger partial charge in [-0.3, -0.25) is 9.52 Å². The molecular weight excluding hydrogens is 321 g/mol. The Labute approximate surface area is 136 Å². The smallest absolute Gasteiger partial charge is 0.255 e. The molecule has 1 atom stereocenters. The van der Waals surface area contributed by atoms with Gasteiger partial charge in [0.25, 0.3) is 5.91 Å². The Morgan fingerprint density at radius 3 is 2.52 bits per heavy atom. The fourth-order valence-electron chi connectivity index (χ4n) is 1.97. The third kappa shape index (κ3) is 6.15. The van der Waals surface area contributed by atoms with Crippen molar-refractivity contribution in [3.05, 3.63) is 29.6 Å². The lowest BCUT2D eigenvalue weighted by atomic mass is 10.0. The van der Waals surface area contributed by atoms with Crippen LogP contribution in [0.1, 0.15) is 30.6 Å². The van der Waals surface area contributed by atoms with Gasteiger partial charge in [0, 0.05) is 19.6 Å². The Kier molecular flexibility index (Phi) is 6.52. The van der Waals surface area contributed by atoms with Crippen molar-refractivity contribution < 1.29 is 17.6 Å². The quantitative estimate of drug-likeness (QED) is 0.786. The van der Waals surface area contributed by atoms with E-state index in [9.17, 15) is 17.6 Å². The lowest BCUT2D eigenvalue weighted by Crippen LogP contribution is -2.35. The Hall–Kier alpha value is -1.67. The summed E-state index contributed by atoms with van der Waals surface area (Å²) in [6, 6.07) is 3.30. The van der Waals surface area contributed by atoms with Gasteiger partial charge in [-0.15, -0.1) is 0 Å². The van der Waals surface area contributed by atoms with E-state index in [1.807, 2.05) is 13.8 Å².